The van der Waals surface area contributed by atoms with Crippen LogP contribution in [0.4, 0.5) is 17.6 Å². The second-order valence-corrected chi connectivity index (χ2v) is 9.96. The van der Waals surface area contributed by atoms with Crippen LogP contribution >= 0.6 is 0 Å². The summed E-state index contributed by atoms with van der Waals surface area (Å²) in [5, 5.41) is 13.6. The van der Waals surface area contributed by atoms with Gasteiger partial charge in [-0.05, 0) is 56.9 Å². The second-order valence-electron chi connectivity index (χ2n) is 9.96. The fourth-order valence-corrected chi connectivity index (χ4v) is 3.94. The highest BCUT2D eigenvalue weighted by Gasteiger charge is 2.32. The van der Waals surface area contributed by atoms with Crippen LogP contribution in [-0.4, -0.2) is 47.1 Å². The van der Waals surface area contributed by atoms with E-state index in [4.69, 9.17) is 20.0 Å². The summed E-state index contributed by atoms with van der Waals surface area (Å²) < 4.78 is 70.1. The van der Waals surface area contributed by atoms with E-state index in [-0.39, 0.29) is 35.3 Å². The number of nitrogens with one attached hydrogen (secondary N) is 2. The fraction of sp³-hybridized carbons (Fsp3) is 0.357. The molecule has 5 N–H and O–H groups in total. The molecule has 11 nitrogen and oxygen atoms in total. The molecule has 0 spiro atoms. The first-order chi connectivity index (χ1) is 20.3. The maximum atomic E-state index is 14.7. The number of rotatable bonds is 13. The van der Waals surface area contributed by atoms with Crippen molar-refractivity contribution in [3.05, 3.63) is 65.1 Å². The lowest BCUT2D eigenvalue weighted by atomic mass is 10.0. The number of benzene rings is 2. The summed E-state index contributed by atoms with van der Waals surface area (Å²) in [6, 6.07) is 2.04. The molecule has 0 aliphatic heterocycles. The van der Waals surface area contributed by atoms with Crippen LogP contribution in [0.2, 0.25) is 0 Å². The molecular formula is C28H28F4N4O7. The second kappa shape index (κ2) is 13.1. The van der Waals surface area contributed by atoms with Crippen molar-refractivity contribution in [2.45, 2.75) is 51.4 Å². The van der Waals surface area contributed by atoms with Crippen molar-refractivity contribution >= 4 is 17.8 Å². The topological polar surface area (TPSA) is 166 Å². The Morgan fingerprint density at radius 2 is 1.81 bits per heavy atom. The highest BCUT2D eigenvalue weighted by molar-refractivity contribution is 5.98. The number of hydrogen-bond acceptors (Lipinski definition) is 8. The highest BCUT2D eigenvalue weighted by atomic mass is 19.3. The third-order valence-electron chi connectivity index (χ3n) is 6.40. The molecule has 0 saturated heterocycles. The van der Waals surface area contributed by atoms with Crippen molar-refractivity contribution in [3.8, 4) is 23.0 Å². The summed E-state index contributed by atoms with van der Waals surface area (Å²) in [6.07, 6.45) is 1.88. The maximum Gasteiger partial charge on any atom is 0.387 e. The lowest BCUT2D eigenvalue weighted by Gasteiger charge is -2.20. The van der Waals surface area contributed by atoms with E-state index in [9.17, 15) is 31.9 Å². The zero-order valence-electron chi connectivity index (χ0n) is 22.9. The summed E-state index contributed by atoms with van der Waals surface area (Å²) in [7, 11) is 0. The van der Waals surface area contributed by atoms with Gasteiger partial charge < -0.3 is 35.4 Å². The van der Waals surface area contributed by atoms with Gasteiger partial charge in [-0.1, -0.05) is 6.07 Å². The minimum Gasteiger partial charge on any atom is -0.489 e. The van der Waals surface area contributed by atoms with Gasteiger partial charge in [-0.3, -0.25) is 14.4 Å². The molecule has 1 aliphatic carbocycles. The molecule has 0 bridgehead atoms. The summed E-state index contributed by atoms with van der Waals surface area (Å²) >= 11 is 0. The summed E-state index contributed by atoms with van der Waals surface area (Å²) in [6.45, 7) is -0.204. The van der Waals surface area contributed by atoms with Crippen molar-refractivity contribution in [2.24, 2.45) is 11.7 Å². The SMILES string of the molecule is C[C@H](NC(=O)C(NC(=O)c1nc(-c2ccc(OC(F)F)c(OCC3CC3)c2)oc1[C@H](C)N)c1ccc(F)cc1F)C(=O)O. The van der Waals surface area contributed by atoms with Gasteiger partial charge in [-0.25, -0.2) is 13.8 Å². The van der Waals surface area contributed by atoms with Gasteiger partial charge in [0.1, 0.15) is 23.7 Å². The number of hydrogen-bond donors (Lipinski definition) is 4. The number of oxazole rings is 1. The first kappa shape index (κ1) is 31.3. The minimum atomic E-state index is -3.11. The van der Waals surface area contributed by atoms with E-state index in [0.717, 1.165) is 31.9 Å². The van der Waals surface area contributed by atoms with Crippen molar-refractivity contribution in [1.29, 1.82) is 0 Å². The third kappa shape index (κ3) is 7.80. The lowest BCUT2D eigenvalue weighted by molar-refractivity contribution is -0.141. The van der Waals surface area contributed by atoms with Crippen LogP contribution in [0.1, 0.15) is 60.6 Å². The Bertz CT molecular complexity index is 1510. The number of halogens is 4. The molecule has 1 aromatic heterocycles. The van der Waals surface area contributed by atoms with Crippen LogP contribution in [-0.2, 0) is 9.59 Å². The Morgan fingerprint density at radius 3 is 2.42 bits per heavy atom. The predicted molar refractivity (Wildman–Crippen MR) is 141 cm³/mol. The maximum absolute atomic E-state index is 14.7. The summed E-state index contributed by atoms with van der Waals surface area (Å²) in [5.74, 6) is -5.93. The normalized spacial score (nSPS) is 15.0. The lowest BCUT2D eigenvalue weighted by Crippen LogP contribution is -2.46. The van der Waals surface area contributed by atoms with Gasteiger partial charge in [-0.2, -0.15) is 8.78 Å². The zero-order chi connectivity index (χ0) is 31.4. The molecule has 1 saturated carbocycles. The van der Waals surface area contributed by atoms with Crippen molar-refractivity contribution < 1.29 is 50.9 Å². The Kier molecular flexibility index (Phi) is 9.53. The Balaban J connectivity index is 1.67. The largest absolute Gasteiger partial charge is 0.489 e. The van der Waals surface area contributed by atoms with Gasteiger partial charge >= 0.3 is 12.6 Å². The Hall–Kier alpha value is -4.66. The van der Waals surface area contributed by atoms with E-state index in [1.165, 1.54) is 25.1 Å². The number of aromatic nitrogens is 1. The highest BCUT2D eigenvalue weighted by Crippen LogP contribution is 2.37. The number of nitrogens with two attached hydrogens (primary N) is 1. The van der Waals surface area contributed by atoms with Crippen molar-refractivity contribution in [2.75, 3.05) is 6.61 Å². The molecule has 0 radical (unpaired) electrons. The van der Waals surface area contributed by atoms with E-state index in [1.807, 2.05) is 0 Å². The van der Waals surface area contributed by atoms with E-state index in [2.05, 4.69) is 20.4 Å². The summed E-state index contributed by atoms with van der Waals surface area (Å²) in [5.41, 5.74) is 5.35. The van der Waals surface area contributed by atoms with E-state index >= 15 is 0 Å². The number of carboxylic acids is 1. The first-order valence-corrected chi connectivity index (χ1v) is 13.1. The molecular weight excluding hydrogens is 580 g/mol. The van der Waals surface area contributed by atoms with Gasteiger partial charge in [0.2, 0.25) is 11.8 Å². The molecule has 4 rings (SSSR count). The first-order valence-electron chi connectivity index (χ1n) is 13.1. The van der Waals surface area contributed by atoms with Crippen LogP contribution in [0, 0.1) is 17.6 Å². The van der Waals surface area contributed by atoms with Crippen molar-refractivity contribution in [1.82, 2.24) is 15.6 Å². The number of ether oxygens (including phenoxy) is 2. The van der Waals surface area contributed by atoms with E-state index < -0.39 is 65.4 Å². The quantitative estimate of drug-likeness (QED) is 0.209. The zero-order valence-corrected chi connectivity index (χ0v) is 22.9. The van der Waals surface area contributed by atoms with Crippen LogP contribution in [0.15, 0.2) is 40.8 Å². The minimum absolute atomic E-state index is 0.00711. The smallest absolute Gasteiger partial charge is 0.387 e. The number of carboxylic acid groups (broad SMARTS) is 1. The van der Waals surface area contributed by atoms with Crippen LogP contribution in [0.5, 0.6) is 11.5 Å². The van der Waals surface area contributed by atoms with E-state index in [0.29, 0.717) is 12.0 Å². The number of carbonyl (C=O) groups is 3. The molecule has 2 amide bonds. The molecule has 1 fully saturated rings. The number of alkyl halides is 2. The van der Waals surface area contributed by atoms with E-state index in [1.54, 1.807) is 0 Å². The number of amides is 2. The van der Waals surface area contributed by atoms with Crippen LogP contribution in [0.25, 0.3) is 11.5 Å². The molecule has 43 heavy (non-hydrogen) atoms. The molecule has 2 aromatic carbocycles. The van der Waals surface area contributed by atoms with Crippen LogP contribution < -0.4 is 25.8 Å². The van der Waals surface area contributed by atoms with Crippen LogP contribution in [0.3, 0.4) is 0 Å². The number of aliphatic carboxylic acids is 1. The molecule has 3 aromatic rings. The number of nitrogens with zero attached hydrogens (tertiary/aromatic N) is 1. The predicted octanol–water partition coefficient (Wildman–Crippen LogP) is 4.09. The molecule has 1 unspecified atom stereocenters. The number of carbonyl (C=O) groups excluding carboxylic acids is 2. The van der Waals surface area contributed by atoms with Gasteiger partial charge in [0, 0.05) is 17.2 Å². The van der Waals surface area contributed by atoms with Crippen molar-refractivity contribution in [3.63, 3.8) is 0 Å². The standard InChI is InChI=1S/C28H28F4N4O7/c1-12(33)23-22(25(38)35-21(24(37)34-13(2)27(39)40)17-7-6-16(29)10-18(17)30)36-26(43-23)15-5-8-19(42-28(31)32)20(9-15)41-11-14-3-4-14/h5-10,12-14,21,28H,3-4,11,33H2,1-2H3,(H,34,37)(H,35,38)(H,39,40)/t12-,13-,21?/m0/s1. The molecule has 230 valence electrons. The third-order valence-corrected chi connectivity index (χ3v) is 6.40. The molecule has 1 heterocycles. The average molecular weight is 609 g/mol. The van der Waals surface area contributed by atoms with Gasteiger partial charge in [0.15, 0.2) is 23.0 Å². The van der Waals surface area contributed by atoms with Gasteiger partial charge in [0.25, 0.3) is 5.91 Å². The van der Waals surface area contributed by atoms with Gasteiger partial charge in [-0.15, -0.1) is 0 Å². The monoisotopic (exact) mass is 608 g/mol. The van der Waals surface area contributed by atoms with Gasteiger partial charge in [0.05, 0.1) is 12.6 Å². The molecule has 1 aliphatic rings. The molecule has 15 heteroatoms. The Morgan fingerprint density at radius 1 is 1.09 bits per heavy atom. The average Bonchev–Trinajstić information content (AvgIpc) is 3.65. The fourth-order valence-electron chi connectivity index (χ4n) is 3.94. The molecule has 3 atom stereocenters. The summed E-state index contributed by atoms with van der Waals surface area (Å²) in [4.78, 5) is 41.8. The Labute approximate surface area is 242 Å².